The number of benzene rings is 1. The Bertz CT molecular complexity index is 651. The zero-order chi connectivity index (χ0) is 15.1. The van der Waals surface area contributed by atoms with Crippen LogP contribution in [0.3, 0.4) is 0 Å². The summed E-state index contributed by atoms with van der Waals surface area (Å²) in [7, 11) is -3.43. The summed E-state index contributed by atoms with van der Waals surface area (Å²) in [5, 5.41) is 3.27. The van der Waals surface area contributed by atoms with Crippen LogP contribution in [0.5, 0.6) is 0 Å². The molecule has 0 saturated carbocycles. The van der Waals surface area contributed by atoms with E-state index >= 15 is 0 Å². The van der Waals surface area contributed by atoms with Crippen LogP contribution in [-0.2, 0) is 23.1 Å². The number of nitrogens with one attached hydrogen (secondary N) is 2. The smallest absolute Gasteiger partial charge is 0.250 e. The molecule has 1 aromatic carbocycles. The maximum Gasteiger partial charge on any atom is 0.250 e. The third-order valence-corrected chi connectivity index (χ3v) is 5.92. The van der Waals surface area contributed by atoms with Gasteiger partial charge in [-0.1, -0.05) is 37.3 Å². The summed E-state index contributed by atoms with van der Waals surface area (Å²) in [6.07, 6.45) is 1.06. The summed E-state index contributed by atoms with van der Waals surface area (Å²) in [6.45, 7) is 4.06. The van der Waals surface area contributed by atoms with Crippen LogP contribution >= 0.6 is 11.3 Å². The van der Waals surface area contributed by atoms with Crippen molar-refractivity contribution in [2.45, 2.75) is 30.6 Å². The van der Waals surface area contributed by atoms with Gasteiger partial charge in [0.25, 0.3) is 0 Å². The number of rotatable bonds is 8. The Kier molecular flexibility index (Phi) is 5.93. The standard InChI is InChI=1S/C15H20N2O2S2/c1-2-10-16-12-14-8-9-15(20-14)21(18,19)17-11-13-6-4-3-5-7-13/h3-9,16-17H,2,10-12H2,1H3. The predicted octanol–water partition coefficient (Wildman–Crippen LogP) is 2.73. The molecule has 0 spiro atoms. The van der Waals surface area contributed by atoms with Crippen molar-refractivity contribution in [2.75, 3.05) is 6.54 Å². The lowest BCUT2D eigenvalue weighted by molar-refractivity contribution is 0.583. The normalized spacial score (nSPS) is 11.7. The van der Waals surface area contributed by atoms with Gasteiger partial charge in [0.1, 0.15) is 4.21 Å². The Morgan fingerprint density at radius 2 is 1.81 bits per heavy atom. The minimum absolute atomic E-state index is 0.310. The highest BCUT2D eigenvalue weighted by molar-refractivity contribution is 7.91. The maximum absolute atomic E-state index is 12.2. The fourth-order valence-electron chi connectivity index (χ4n) is 1.83. The maximum atomic E-state index is 12.2. The summed E-state index contributed by atoms with van der Waals surface area (Å²) in [5.74, 6) is 0. The van der Waals surface area contributed by atoms with E-state index in [0.29, 0.717) is 17.3 Å². The molecule has 2 rings (SSSR count). The minimum Gasteiger partial charge on any atom is -0.312 e. The van der Waals surface area contributed by atoms with Crippen molar-refractivity contribution in [3.63, 3.8) is 0 Å². The second-order valence-corrected chi connectivity index (χ2v) is 7.87. The summed E-state index contributed by atoms with van der Waals surface area (Å²) in [6, 6.07) is 13.0. The molecule has 21 heavy (non-hydrogen) atoms. The van der Waals surface area contributed by atoms with Crippen LogP contribution in [0, 0.1) is 0 Å². The van der Waals surface area contributed by atoms with Crippen molar-refractivity contribution >= 4 is 21.4 Å². The molecule has 0 fully saturated rings. The number of hydrogen-bond acceptors (Lipinski definition) is 4. The Morgan fingerprint density at radius 1 is 1.05 bits per heavy atom. The number of thiophene rings is 1. The molecule has 0 unspecified atom stereocenters. The van der Waals surface area contributed by atoms with E-state index in [-0.39, 0.29) is 0 Å². The molecule has 0 atom stereocenters. The van der Waals surface area contributed by atoms with E-state index in [4.69, 9.17) is 0 Å². The van der Waals surface area contributed by atoms with Crippen molar-refractivity contribution in [1.29, 1.82) is 0 Å². The van der Waals surface area contributed by atoms with Gasteiger partial charge >= 0.3 is 0 Å². The van der Waals surface area contributed by atoms with E-state index in [2.05, 4.69) is 17.0 Å². The summed E-state index contributed by atoms with van der Waals surface area (Å²) >= 11 is 1.31. The Labute approximate surface area is 130 Å². The van der Waals surface area contributed by atoms with Gasteiger partial charge in [0.05, 0.1) is 0 Å². The summed E-state index contributed by atoms with van der Waals surface area (Å²) in [4.78, 5) is 1.03. The minimum atomic E-state index is -3.43. The molecule has 0 aliphatic heterocycles. The highest BCUT2D eigenvalue weighted by Crippen LogP contribution is 2.21. The molecule has 4 nitrogen and oxygen atoms in total. The van der Waals surface area contributed by atoms with Crippen molar-refractivity contribution in [3.8, 4) is 0 Å². The molecule has 2 aromatic rings. The highest BCUT2D eigenvalue weighted by Gasteiger charge is 2.16. The molecule has 2 N–H and O–H groups in total. The van der Waals surface area contributed by atoms with Gasteiger partial charge in [-0.15, -0.1) is 11.3 Å². The lowest BCUT2D eigenvalue weighted by Crippen LogP contribution is -2.22. The van der Waals surface area contributed by atoms with Crippen molar-refractivity contribution in [1.82, 2.24) is 10.0 Å². The van der Waals surface area contributed by atoms with Gasteiger partial charge in [-0.3, -0.25) is 0 Å². The molecule has 1 heterocycles. The van der Waals surface area contributed by atoms with E-state index in [9.17, 15) is 8.42 Å². The van der Waals surface area contributed by atoms with Gasteiger partial charge in [-0.2, -0.15) is 0 Å². The second kappa shape index (κ2) is 7.70. The van der Waals surface area contributed by atoms with Crippen molar-refractivity contribution in [2.24, 2.45) is 0 Å². The molecule has 0 saturated heterocycles. The molecule has 0 aliphatic carbocycles. The molecule has 114 valence electrons. The molecule has 0 bridgehead atoms. The fraction of sp³-hybridized carbons (Fsp3) is 0.333. The van der Waals surface area contributed by atoms with Crippen molar-refractivity contribution < 1.29 is 8.42 Å². The van der Waals surface area contributed by atoms with Gasteiger partial charge in [-0.25, -0.2) is 13.1 Å². The Morgan fingerprint density at radius 3 is 2.52 bits per heavy atom. The molecule has 6 heteroatoms. The van der Waals surface area contributed by atoms with Gasteiger partial charge < -0.3 is 5.32 Å². The SMILES string of the molecule is CCCNCc1ccc(S(=O)(=O)NCc2ccccc2)s1. The topological polar surface area (TPSA) is 58.2 Å². The largest absolute Gasteiger partial charge is 0.312 e. The van der Waals surface area contributed by atoms with E-state index in [1.54, 1.807) is 6.07 Å². The second-order valence-electron chi connectivity index (χ2n) is 4.71. The van der Waals surface area contributed by atoms with Gasteiger partial charge in [0, 0.05) is 18.0 Å². The van der Waals surface area contributed by atoms with E-state index in [0.717, 1.165) is 23.4 Å². The Hall–Kier alpha value is -1.21. The van der Waals surface area contributed by atoms with Crippen LogP contribution in [0.4, 0.5) is 0 Å². The number of sulfonamides is 1. The van der Waals surface area contributed by atoms with Crippen LogP contribution in [0.2, 0.25) is 0 Å². The molecular weight excluding hydrogens is 304 g/mol. The zero-order valence-electron chi connectivity index (χ0n) is 12.0. The molecule has 1 aromatic heterocycles. The van der Waals surface area contributed by atoms with Crippen LogP contribution in [-0.4, -0.2) is 15.0 Å². The van der Waals surface area contributed by atoms with Crippen molar-refractivity contribution in [3.05, 3.63) is 52.9 Å². The van der Waals surface area contributed by atoms with Crippen LogP contribution < -0.4 is 10.0 Å². The van der Waals surface area contributed by atoms with E-state index < -0.39 is 10.0 Å². The van der Waals surface area contributed by atoms with E-state index in [1.165, 1.54) is 11.3 Å². The molecule has 0 aliphatic rings. The average molecular weight is 324 g/mol. The third-order valence-electron chi connectivity index (χ3n) is 2.94. The summed E-state index contributed by atoms with van der Waals surface area (Å²) in [5.41, 5.74) is 0.947. The summed E-state index contributed by atoms with van der Waals surface area (Å²) < 4.78 is 27.5. The fourth-order valence-corrected chi connectivity index (χ4v) is 4.22. The first-order valence-corrected chi connectivity index (χ1v) is 9.25. The average Bonchev–Trinajstić information content (AvgIpc) is 2.96. The van der Waals surface area contributed by atoms with Gasteiger partial charge in [0.15, 0.2) is 0 Å². The third kappa shape index (κ3) is 4.93. The highest BCUT2D eigenvalue weighted by atomic mass is 32.2. The van der Waals surface area contributed by atoms with Gasteiger partial charge in [-0.05, 0) is 30.7 Å². The number of hydrogen-bond donors (Lipinski definition) is 2. The monoisotopic (exact) mass is 324 g/mol. The molecule has 0 radical (unpaired) electrons. The first-order valence-electron chi connectivity index (χ1n) is 6.95. The molecular formula is C15H20N2O2S2. The van der Waals surface area contributed by atoms with Crippen LogP contribution in [0.15, 0.2) is 46.7 Å². The zero-order valence-corrected chi connectivity index (χ0v) is 13.6. The first kappa shape index (κ1) is 16.2. The predicted molar refractivity (Wildman–Crippen MR) is 86.8 cm³/mol. The van der Waals surface area contributed by atoms with Crippen LogP contribution in [0.1, 0.15) is 23.8 Å². The van der Waals surface area contributed by atoms with E-state index in [1.807, 2.05) is 36.4 Å². The Balaban J connectivity index is 1.96. The van der Waals surface area contributed by atoms with Gasteiger partial charge in [0.2, 0.25) is 10.0 Å². The quantitative estimate of drug-likeness (QED) is 0.734. The molecule has 0 amide bonds. The first-order chi connectivity index (χ1) is 10.1. The lowest BCUT2D eigenvalue weighted by atomic mass is 10.2. The van der Waals surface area contributed by atoms with Crippen LogP contribution in [0.25, 0.3) is 0 Å². The lowest BCUT2D eigenvalue weighted by Gasteiger charge is -2.04.